The first-order valence-electron chi connectivity index (χ1n) is 6.66. The normalized spacial score (nSPS) is 12.1. The van der Waals surface area contributed by atoms with Gasteiger partial charge in [-0.15, -0.1) is 0 Å². The molecular weight excluding hydrogens is 254 g/mol. The van der Waals surface area contributed by atoms with Gasteiger partial charge >= 0.3 is 5.97 Å². The molecule has 0 aliphatic heterocycles. The fraction of sp³-hybridized carbons (Fsp3) is 0.600. The molecule has 1 aromatic rings. The van der Waals surface area contributed by atoms with Crippen molar-refractivity contribution in [3.63, 3.8) is 0 Å². The van der Waals surface area contributed by atoms with E-state index in [1.165, 1.54) is 13.3 Å². The van der Waals surface area contributed by atoms with Crippen molar-refractivity contribution >= 4 is 17.5 Å². The molecule has 3 N–H and O–H groups in total. The summed E-state index contributed by atoms with van der Waals surface area (Å²) in [4.78, 5) is 15.9. The molecule has 0 aromatic carbocycles. The Balaban J connectivity index is 2.96. The van der Waals surface area contributed by atoms with Crippen LogP contribution in [0, 0.1) is 5.41 Å². The fourth-order valence-electron chi connectivity index (χ4n) is 2.54. The third kappa shape index (κ3) is 4.72. The third-order valence-electron chi connectivity index (χ3n) is 2.78. The molecule has 112 valence electrons. The molecule has 0 aliphatic rings. The molecule has 20 heavy (non-hydrogen) atoms. The highest BCUT2D eigenvalue weighted by Crippen LogP contribution is 2.29. The van der Waals surface area contributed by atoms with Gasteiger partial charge in [0.2, 0.25) is 0 Å². The lowest BCUT2D eigenvalue weighted by molar-refractivity contribution is 0.0602. The molecule has 1 aromatic heterocycles. The summed E-state index contributed by atoms with van der Waals surface area (Å²) in [6.07, 6.45) is 2.43. The van der Waals surface area contributed by atoms with Crippen LogP contribution < -0.4 is 11.1 Å². The van der Waals surface area contributed by atoms with Crippen molar-refractivity contribution in [1.29, 1.82) is 0 Å². The molecule has 0 spiro atoms. The van der Waals surface area contributed by atoms with E-state index in [1.54, 1.807) is 6.07 Å². The Morgan fingerprint density at radius 1 is 1.35 bits per heavy atom. The van der Waals surface area contributed by atoms with Gasteiger partial charge in [-0.05, 0) is 31.7 Å². The summed E-state index contributed by atoms with van der Waals surface area (Å²) < 4.78 is 4.71. The molecule has 0 amide bonds. The van der Waals surface area contributed by atoms with Crippen molar-refractivity contribution in [1.82, 2.24) is 4.98 Å². The number of pyridine rings is 1. The van der Waals surface area contributed by atoms with E-state index in [9.17, 15) is 4.79 Å². The number of anilines is 2. The quantitative estimate of drug-likeness (QED) is 0.828. The van der Waals surface area contributed by atoms with E-state index in [0.29, 0.717) is 17.1 Å². The largest absolute Gasteiger partial charge is 0.465 e. The van der Waals surface area contributed by atoms with Gasteiger partial charge in [0.05, 0.1) is 24.6 Å². The number of methoxy groups -OCH3 is 1. The molecule has 0 atom stereocenters. The molecule has 0 saturated carbocycles. The SMILES string of the molecule is COC(=O)c1cc(NC(C)(C)CC(C)(C)C)ncc1N. The second-order valence-electron chi connectivity index (χ2n) is 6.89. The van der Waals surface area contributed by atoms with E-state index in [-0.39, 0.29) is 11.0 Å². The zero-order valence-corrected chi connectivity index (χ0v) is 13.2. The highest BCUT2D eigenvalue weighted by Gasteiger charge is 2.26. The minimum Gasteiger partial charge on any atom is -0.465 e. The number of hydrogen-bond donors (Lipinski definition) is 2. The average Bonchev–Trinajstić information content (AvgIpc) is 2.27. The van der Waals surface area contributed by atoms with Gasteiger partial charge in [-0.2, -0.15) is 0 Å². The van der Waals surface area contributed by atoms with Crippen LogP contribution in [0.1, 0.15) is 51.4 Å². The summed E-state index contributed by atoms with van der Waals surface area (Å²) in [5, 5.41) is 3.35. The van der Waals surface area contributed by atoms with Crippen LogP contribution in [0.2, 0.25) is 0 Å². The van der Waals surface area contributed by atoms with Crippen molar-refractivity contribution in [2.45, 2.75) is 46.6 Å². The average molecular weight is 279 g/mol. The number of nitrogens with zero attached hydrogens (tertiary/aromatic N) is 1. The fourth-order valence-corrected chi connectivity index (χ4v) is 2.54. The lowest BCUT2D eigenvalue weighted by Gasteiger charge is -2.33. The number of nitrogen functional groups attached to an aromatic ring is 1. The van der Waals surface area contributed by atoms with Gasteiger partial charge in [-0.25, -0.2) is 9.78 Å². The first kappa shape index (κ1) is 16.3. The summed E-state index contributed by atoms with van der Waals surface area (Å²) in [5.74, 6) is 0.162. The molecule has 5 nitrogen and oxygen atoms in total. The number of carbonyl (C=O) groups excluding carboxylic acids is 1. The highest BCUT2D eigenvalue weighted by atomic mass is 16.5. The van der Waals surface area contributed by atoms with Crippen LogP contribution in [0.15, 0.2) is 12.3 Å². The minimum absolute atomic E-state index is 0.144. The van der Waals surface area contributed by atoms with E-state index in [2.05, 4.69) is 44.9 Å². The van der Waals surface area contributed by atoms with Crippen LogP contribution in [-0.4, -0.2) is 23.6 Å². The maximum atomic E-state index is 11.6. The van der Waals surface area contributed by atoms with Crippen LogP contribution in [-0.2, 0) is 4.74 Å². The number of esters is 1. The smallest absolute Gasteiger partial charge is 0.340 e. The van der Waals surface area contributed by atoms with Crippen molar-refractivity contribution in [2.75, 3.05) is 18.2 Å². The first-order chi connectivity index (χ1) is 9.04. The Kier molecular flexibility index (Phi) is 4.63. The lowest BCUT2D eigenvalue weighted by atomic mass is 9.82. The van der Waals surface area contributed by atoms with Crippen molar-refractivity contribution in [3.8, 4) is 0 Å². The topological polar surface area (TPSA) is 77.2 Å². The molecule has 0 saturated heterocycles. The Labute approximate surface area is 120 Å². The number of carbonyl (C=O) groups is 1. The van der Waals surface area contributed by atoms with E-state index < -0.39 is 5.97 Å². The summed E-state index contributed by atoms with van der Waals surface area (Å²) in [5.41, 5.74) is 6.43. The van der Waals surface area contributed by atoms with Gasteiger partial charge < -0.3 is 15.8 Å². The monoisotopic (exact) mass is 279 g/mol. The molecule has 0 fully saturated rings. The van der Waals surface area contributed by atoms with Gasteiger partial charge in [-0.3, -0.25) is 0 Å². The summed E-state index contributed by atoms with van der Waals surface area (Å²) in [6.45, 7) is 10.8. The Morgan fingerprint density at radius 3 is 2.45 bits per heavy atom. The number of rotatable bonds is 4. The Morgan fingerprint density at radius 2 is 1.95 bits per heavy atom. The van der Waals surface area contributed by atoms with Crippen LogP contribution in [0.3, 0.4) is 0 Å². The number of ether oxygens (including phenoxy) is 1. The van der Waals surface area contributed by atoms with E-state index >= 15 is 0 Å². The van der Waals surface area contributed by atoms with Gasteiger partial charge in [0, 0.05) is 5.54 Å². The third-order valence-corrected chi connectivity index (χ3v) is 2.78. The molecule has 1 heterocycles. The molecule has 0 bridgehead atoms. The van der Waals surface area contributed by atoms with Crippen molar-refractivity contribution in [3.05, 3.63) is 17.8 Å². The zero-order valence-electron chi connectivity index (χ0n) is 13.2. The maximum Gasteiger partial charge on any atom is 0.340 e. The first-order valence-corrected chi connectivity index (χ1v) is 6.66. The molecule has 1 rings (SSSR count). The predicted octanol–water partition coefficient (Wildman–Crippen LogP) is 3.08. The Bertz CT molecular complexity index is 490. The second kappa shape index (κ2) is 5.69. The van der Waals surface area contributed by atoms with E-state index in [4.69, 9.17) is 10.5 Å². The van der Waals surface area contributed by atoms with Crippen molar-refractivity contribution in [2.24, 2.45) is 5.41 Å². The van der Waals surface area contributed by atoms with E-state index in [0.717, 1.165) is 6.42 Å². The number of aromatic nitrogens is 1. The van der Waals surface area contributed by atoms with Gasteiger partial charge in [0.1, 0.15) is 5.82 Å². The van der Waals surface area contributed by atoms with Crippen LogP contribution in [0.4, 0.5) is 11.5 Å². The second-order valence-corrected chi connectivity index (χ2v) is 6.89. The summed E-state index contributed by atoms with van der Waals surface area (Å²) in [6, 6.07) is 1.63. The number of nitrogens with one attached hydrogen (secondary N) is 1. The zero-order chi connectivity index (χ0) is 15.6. The molecule has 0 aliphatic carbocycles. The van der Waals surface area contributed by atoms with Gasteiger partial charge in [0.15, 0.2) is 0 Å². The lowest BCUT2D eigenvalue weighted by Crippen LogP contribution is -2.35. The standard InChI is InChI=1S/C15H25N3O2/c1-14(2,3)9-15(4,5)18-12-7-10(13(19)20-6)11(16)8-17-12/h7-8H,9,16H2,1-6H3,(H,17,18). The van der Waals surface area contributed by atoms with E-state index in [1.807, 2.05) is 0 Å². The van der Waals surface area contributed by atoms with Crippen LogP contribution >= 0.6 is 0 Å². The minimum atomic E-state index is -0.457. The van der Waals surface area contributed by atoms with Crippen molar-refractivity contribution < 1.29 is 9.53 Å². The highest BCUT2D eigenvalue weighted by molar-refractivity contribution is 5.95. The summed E-state index contributed by atoms with van der Waals surface area (Å²) >= 11 is 0. The molecular formula is C15H25N3O2. The van der Waals surface area contributed by atoms with Gasteiger partial charge in [-0.1, -0.05) is 20.8 Å². The number of hydrogen-bond acceptors (Lipinski definition) is 5. The number of nitrogens with two attached hydrogens (primary N) is 1. The van der Waals surface area contributed by atoms with Crippen LogP contribution in [0.5, 0.6) is 0 Å². The van der Waals surface area contributed by atoms with Crippen LogP contribution in [0.25, 0.3) is 0 Å². The molecule has 0 unspecified atom stereocenters. The summed E-state index contributed by atoms with van der Waals surface area (Å²) in [7, 11) is 1.33. The van der Waals surface area contributed by atoms with Gasteiger partial charge in [0.25, 0.3) is 0 Å². The maximum absolute atomic E-state index is 11.6. The Hall–Kier alpha value is -1.78. The molecule has 5 heteroatoms. The predicted molar refractivity (Wildman–Crippen MR) is 81.8 cm³/mol. The molecule has 0 radical (unpaired) electrons.